The van der Waals surface area contributed by atoms with Gasteiger partial charge in [0.1, 0.15) is 0 Å². The van der Waals surface area contributed by atoms with E-state index >= 15 is 0 Å². The molecule has 0 aliphatic carbocycles. The molecule has 1 aromatic carbocycles. The van der Waals surface area contributed by atoms with Gasteiger partial charge in [-0.3, -0.25) is 4.90 Å². The topological polar surface area (TPSA) is 56.1 Å². The van der Waals surface area contributed by atoms with Gasteiger partial charge >= 0.3 is 0 Å². The van der Waals surface area contributed by atoms with E-state index in [9.17, 15) is 0 Å². The van der Waals surface area contributed by atoms with Gasteiger partial charge in [-0.15, -0.1) is 5.10 Å². The third-order valence-electron chi connectivity index (χ3n) is 4.04. The van der Waals surface area contributed by atoms with Crippen LogP contribution in [-0.4, -0.2) is 38.0 Å². The highest BCUT2D eigenvalue weighted by Crippen LogP contribution is 2.14. The highest BCUT2D eigenvalue weighted by atomic mass is 16.5. The molecule has 0 spiro atoms. The highest BCUT2D eigenvalue weighted by Gasteiger charge is 2.13. The molecule has 0 saturated carbocycles. The fourth-order valence-electron chi connectivity index (χ4n) is 2.57. The fraction of sp³-hybridized carbons (Fsp3) is 0.316. The van der Waals surface area contributed by atoms with Crippen molar-refractivity contribution in [3.63, 3.8) is 0 Å². The molecule has 0 saturated heterocycles. The lowest BCUT2D eigenvalue weighted by atomic mass is 10.2. The van der Waals surface area contributed by atoms with Gasteiger partial charge in [0.2, 0.25) is 5.88 Å². The minimum Gasteiger partial charge on any atom is -0.480 e. The van der Waals surface area contributed by atoms with Crippen LogP contribution in [0.4, 0.5) is 0 Å². The van der Waals surface area contributed by atoms with E-state index < -0.39 is 0 Å². The van der Waals surface area contributed by atoms with Gasteiger partial charge in [-0.2, -0.15) is 10.2 Å². The zero-order chi connectivity index (χ0) is 17.6. The quantitative estimate of drug-likeness (QED) is 0.663. The van der Waals surface area contributed by atoms with Crippen molar-refractivity contribution in [3.05, 3.63) is 66.1 Å². The van der Waals surface area contributed by atoms with Crippen molar-refractivity contribution in [1.29, 1.82) is 0 Å². The van der Waals surface area contributed by atoms with E-state index in [1.165, 1.54) is 5.56 Å². The van der Waals surface area contributed by atoms with Crippen molar-refractivity contribution in [2.45, 2.75) is 33.0 Å². The molecule has 6 nitrogen and oxygen atoms in total. The summed E-state index contributed by atoms with van der Waals surface area (Å²) in [7, 11) is 1.59. The normalized spacial score (nSPS) is 11.2. The first kappa shape index (κ1) is 17.1. The van der Waals surface area contributed by atoms with Crippen LogP contribution in [0, 0.1) is 0 Å². The second kappa shape index (κ2) is 7.90. The molecule has 2 heterocycles. The Kier molecular flexibility index (Phi) is 5.40. The van der Waals surface area contributed by atoms with Crippen LogP contribution in [-0.2, 0) is 13.1 Å². The predicted molar refractivity (Wildman–Crippen MR) is 96.5 cm³/mol. The first-order chi connectivity index (χ1) is 12.2. The summed E-state index contributed by atoms with van der Waals surface area (Å²) in [5.74, 6) is 0.531. The third-order valence-corrected chi connectivity index (χ3v) is 4.04. The smallest absolute Gasteiger partial charge is 0.233 e. The Morgan fingerprint density at radius 3 is 2.48 bits per heavy atom. The summed E-state index contributed by atoms with van der Waals surface area (Å²) in [6.07, 6.45) is 3.99. The molecule has 25 heavy (non-hydrogen) atoms. The molecule has 6 heteroatoms. The molecule has 2 aromatic heterocycles. The lowest BCUT2D eigenvalue weighted by molar-refractivity contribution is 0.200. The molecule has 0 atom stereocenters. The van der Waals surface area contributed by atoms with Crippen molar-refractivity contribution in [3.8, 4) is 11.6 Å². The van der Waals surface area contributed by atoms with Crippen LogP contribution < -0.4 is 4.74 Å². The lowest BCUT2D eigenvalue weighted by Gasteiger charge is -2.25. The van der Waals surface area contributed by atoms with Crippen LogP contribution in [0.25, 0.3) is 5.69 Å². The molecular weight excluding hydrogens is 314 g/mol. The van der Waals surface area contributed by atoms with Gasteiger partial charge in [-0.25, -0.2) is 4.68 Å². The maximum absolute atomic E-state index is 5.06. The number of rotatable bonds is 7. The summed E-state index contributed by atoms with van der Waals surface area (Å²) < 4.78 is 6.97. The Balaban J connectivity index is 1.70. The van der Waals surface area contributed by atoms with Gasteiger partial charge in [-0.1, -0.05) is 18.2 Å². The van der Waals surface area contributed by atoms with E-state index in [4.69, 9.17) is 4.74 Å². The zero-order valence-electron chi connectivity index (χ0n) is 14.8. The molecule has 0 amide bonds. The second-order valence-electron chi connectivity index (χ2n) is 6.19. The van der Waals surface area contributed by atoms with Crippen LogP contribution in [0.2, 0.25) is 0 Å². The number of methoxy groups -OCH3 is 1. The summed E-state index contributed by atoms with van der Waals surface area (Å²) in [6.45, 7) is 5.89. The number of nitrogens with zero attached hydrogens (tertiary/aromatic N) is 5. The number of hydrogen-bond acceptors (Lipinski definition) is 5. The molecule has 0 fully saturated rings. The number of ether oxygens (including phenoxy) is 1. The van der Waals surface area contributed by atoms with E-state index in [-0.39, 0.29) is 0 Å². The number of para-hydroxylation sites is 1. The average Bonchev–Trinajstić information content (AvgIpc) is 3.11. The van der Waals surface area contributed by atoms with Gasteiger partial charge in [0.15, 0.2) is 0 Å². The second-order valence-corrected chi connectivity index (χ2v) is 6.19. The Bertz CT molecular complexity index is 783. The monoisotopic (exact) mass is 337 g/mol. The van der Waals surface area contributed by atoms with Gasteiger partial charge in [-0.05, 0) is 32.0 Å². The molecule has 0 aliphatic heterocycles. The van der Waals surface area contributed by atoms with Gasteiger partial charge in [0, 0.05) is 37.0 Å². The van der Waals surface area contributed by atoms with Crippen LogP contribution in [0.5, 0.6) is 5.88 Å². The van der Waals surface area contributed by atoms with Crippen LogP contribution in [0.3, 0.4) is 0 Å². The van der Waals surface area contributed by atoms with E-state index in [0.29, 0.717) is 11.9 Å². The summed E-state index contributed by atoms with van der Waals surface area (Å²) in [6, 6.07) is 14.3. The number of hydrogen-bond donors (Lipinski definition) is 0. The van der Waals surface area contributed by atoms with Crippen molar-refractivity contribution in [1.82, 2.24) is 24.9 Å². The van der Waals surface area contributed by atoms with Crippen LogP contribution in [0.1, 0.15) is 25.1 Å². The standard InChI is InChI=1S/C19H23N5O/c1-15(2)23(14-17-9-10-19(25-3)22-21-17)12-16-11-20-24(13-16)18-7-5-4-6-8-18/h4-11,13,15H,12,14H2,1-3H3. The van der Waals surface area contributed by atoms with Gasteiger partial charge in [0.05, 0.1) is 24.7 Å². The first-order valence-corrected chi connectivity index (χ1v) is 8.35. The Labute approximate surface area is 148 Å². The minimum atomic E-state index is 0.379. The number of benzene rings is 1. The molecular formula is C19H23N5O. The third kappa shape index (κ3) is 4.42. The van der Waals surface area contributed by atoms with E-state index in [0.717, 1.165) is 24.5 Å². The molecule has 0 unspecified atom stereocenters. The summed E-state index contributed by atoms with van der Waals surface area (Å²) in [5.41, 5.74) is 3.15. The van der Waals surface area contributed by atoms with E-state index in [2.05, 4.69) is 40.2 Å². The van der Waals surface area contributed by atoms with Crippen molar-refractivity contribution in [2.75, 3.05) is 7.11 Å². The van der Waals surface area contributed by atoms with Crippen molar-refractivity contribution < 1.29 is 4.74 Å². The molecule has 3 rings (SSSR count). The summed E-state index contributed by atoms with van der Waals surface area (Å²) in [4.78, 5) is 2.34. The Hall–Kier alpha value is -2.73. The molecule has 0 bridgehead atoms. The Morgan fingerprint density at radius 2 is 1.84 bits per heavy atom. The fourth-order valence-corrected chi connectivity index (χ4v) is 2.57. The molecule has 3 aromatic rings. The van der Waals surface area contributed by atoms with Crippen LogP contribution >= 0.6 is 0 Å². The summed E-state index contributed by atoms with van der Waals surface area (Å²) >= 11 is 0. The largest absolute Gasteiger partial charge is 0.480 e. The first-order valence-electron chi connectivity index (χ1n) is 8.35. The number of aromatic nitrogens is 4. The molecule has 130 valence electrons. The SMILES string of the molecule is COc1ccc(CN(Cc2cnn(-c3ccccc3)c2)C(C)C)nn1. The maximum Gasteiger partial charge on any atom is 0.233 e. The Morgan fingerprint density at radius 1 is 1.04 bits per heavy atom. The highest BCUT2D eigenvalue weighted by molar-refractivity contribution is 5.30. The van der Waals surface area contributed by atoms with Crippen molar-refractivity contribution >= 4 is 0 Å². The zero-order valence-corrected chi connectivity index (χ0v) is 14.8. The molecule has 0 radical (unpaired) electrons. The van der Waals surface area contributed by atoms with Crippen molar-refractivity contribution in [2.24, 2.45) is 0 Å². The predicted octanol–water partition coefficient (Wildman–Crippen LogP) is 3.08. The maximum atomic E-state index is 5.06. The van der Waals surface area contributed by atoms with Gasteiger partial charge in [0.25, 0.3) is 0 Å². The van der Waals surface area contributed by atoms with E-state index in [1.54, 1.807) is 7.11 Å². The lowest BCUT2D eigenvalue weighted by Crippen LogP contribution is -2.30. The summed E-state index contributed by atoms with van der Waals surface area (Å²) in [5, 5.41) is 12.7. The molecule has 0 aliphatic rings. The van der Waals surface area contributed by atoms with Gasteiger partial charge < -0.3 is 4.74 Å². The minimum absolute atomic E-state index is 0.379. The van der Waals surface area contributed by atoms with E-state index in [1.807, 2.05) is 53.3 Å². The average molecular weight is 337 g/mol. The van der Waals surface area contributed by atoms with Crippen LogP contribution in [0.15, 0.2) is 54.9 Å². The molecule has 0 N–H and O–H groups in total.